The van der Waals surface area contributed by atoms with Crippen LogP contribution in [0.15, 0.2) is 6.33 Å². The third-order valence-corrected chi connectivity index (χ3v) is 2.94. The van der Waals surface area contributed by atoms with Crippen molar-refractivity contribution in [2.24, 2.45) is 5.92 Å². The molecule has 0 amide bonds. The molecule has 20 heavy (non-hydrogen) atoms. The molecule has 1 saturated carbocycles. The van der Waals surface area contributed by atoms with Gasteiger partial charge in [-0.1, -0.05) is 0 Å². The van der Waals surface area contributed by atoms with Gasteiger partial charge in [-0.15, -0.1) is 0 Å². The highest BCUT2D eigenvalue weighted by atomic mass is 16.6. The molecule has 110 valence electrons. The Bertz CT molecular complexity index is 464. The molecule has 8 nitrogen and oxygen atoms in total. The normalized spacial score (nSPS) is 14.1. The SMILES string of the molecule is CCNc1ncnc(NCCOCC2CC2)c1[N+](=O)[O-]. The summed E-state index contributed by atoms with van der Waals surface area (Å²) in [6.07, 6.45) is 3.80. The van der Waals surface area contributed by atoms with Crippen LogP contribution in [0.2, 0.25) is 0 Å². The number of rotatable bonds is 9. The number of ether oxygens (including phenoxy) is 1. The predicted octanol–water partition coefficient (Wildman–Crippen LogP) is 1.66. The summed E-state index contributed by atoms with van der Waals surface area (Å²) < 4.78 is 5.47. The topological polar surface area (TPSA) is 102 Å². The molecule has 1 aliphatic carbocycles. The maximum atomic E-state index is 11.1. The van der Waals surface area contributed by atoms with E-state index in [9.17, 15) is 10.1 Å². The third kappa shape index (κ3) is 4.02. The molecule has 2 rings (SSSR count). The molecule has 0 aliphatic heterocycles. The van der Waals surface area contributed by atoms with E-state index in [2.05, 4.69) is 20.6 Å². The summed E-state index contributed by atoms with van der Waals surface area (Å²) in [5.41, 5.74) is -0.128. The molecule has 1 aromatic heterocycles. The monoisotopic (exact) mass is 281 g/mol. The Labute approximate surface area is 117 Å². The van der Waals surface area contributed by atoms with Crippen LogP contribution in [-0.2, 0) is 4.74 Å². The molecule has 0 aromatic carbocycles. The Morgan fingerprint density at radius 3 is 2.70 bits per heavy atom. The Morgan fingerprint density at radius 1 is 1.40 bits per heavy atom. The van der Waals surface area contributed by atoms with Crippen molar-refractivity contribution in [1.29, 1.82) is 0 Å². The van der Waals surface area contributed by atoms with Crippen molar-refractivity contribution in [2.75, 3.05) is 36.9 Å². The Morgan fingerprint density at radius 2 is 2.10 bits per heavy atom. The Balaban J connectivity index is 1.91. The first-order valence-corrected chi connectivity index (χ1v) is 6.77. The molecule has 1 aromatic rings. The molecule has 0 bridgehead atoms. The van der Waals surface area contributed by atoms with E-state index in [1.54, 1.807) is 0 Å². The molecule has 0 spiro atoms. The van der Waals surface area contributed by atoms with Crippen LogP contribution in [0.25, 0.3) is 0 Å². The summed E-state index contributed by atoms with van der Waals surface area (Å²) >= 11 is 0. The fourth-order valence-electron chi connectivity index (χ4n) is 1.75. The summed E-state index contributed by atoms with van der Waals surface area (Å²) in [5, 5.41) is 16.9. The van der Waals surface area contributed by atoms with Gasteiger partial charge in [0.1, 0.15) is 6.33 Å². The summed E-state index contributed by atoms with van der Waals surface area (Å²) in [4.78, 5) is 18.5. The van der Waals surface area contributed by atoms with Gasteiger partial charge >= 0.3 is 5.69 Å². The lowest BCUT2D eigenvalue weighted by molar-refractivity contribution is -0.383. The van der Waals surface area contributed by atoms with Crippen molar-refractivity contribution in [2.45, 2.75) is 19.8 Å². The average Bonchev–Trinajstić information content (AvgIpc) is 3.22. The van der Waals surface area contributed by atoms with Crippen LogP contribution >= 0.6 is 0 Å². The second-order valence-corrected chi connectivity index (χ2v) is 4.65. The first kappa shape index (κ1) is 14.4. The van der Waals surface area contributed by atoms with E-state index in [1.165, 1.54) is 19.2 Å². The van der Waals surface area contributed by atoms with Crippen LogP contribution in [0.5, 0.6) is 0 Å². The molecule has 2 N–H and O–H groups in total. The van der Waals surface area contributed by atoms with Crippen LogP contribution < -0.4 is 10.6 Å². The van der Waals surface area contributed by atoms with E-state index in [0.29, 0.717) is 25.6 Å². The molecular formula is C12H19N5O3. The smallest absolute Gasteiger partial charge is 0.353 e. The lowest BCUT2D eigenvalue weighted by atomic mass is 10.4. The van der Waals surface area contributed by atoms with Gasteiger partial charge in [-0.25, -0.2) is 9.97 Å². The van der Waals surface area contributed by atoms with Crippen LogP contribution in [0.3, 0.4) is 0 Å². The van der Waals surface area contributed by atoms with Gasteiger partial charge in [0.15, 0.2) is 0 Å². The highest BCUT2D eigenvalue weighted by Crippen LogP contribution is 2.29. The molecule has 8 heteroatoms. The van der Waals surface area contributed by atoms with Crippen molar-refractivity contribution >= 4 is 17.3 Å². The Hall–Kier alpha value is -1.96. The van der Waals surface area contributed by atoms with Crippen molar-refractivity contribution in [1.82, 2.24) is 9.97 Å². The number of anilines is 2. The maximum Gasteiger partial charge on any atom is 0.353 e. The quantitative estimate of drug-likeness (QED) is 0.403. The number of hydrogen-bond donors (Lipinski definition) is 2. The minimum atomic E-state index is -0.481. The summed E-state index contributed by atoms with van der Waals surface area (Å²) in [6, 6.07) is 0. The third-order valence-electron chi connectivity index (χ3n) is 2.94. The van der Waals surface area contributed by atoms with Gasteiger partial charge in [-0.2, -0.15) is 0 Å². The second kappa shape index (κ2) is 6.99. The van der Waals surface area contributed by atoms with Gasteiger partial charge in [-0.3, -0.25) is 10.1 Å². The predicted molar refractivity (Wildman–Crippen MR) is 74.9 cm³/mol. The van der Waals surface area contributed by atoms with Gasteiger partial charge in [0.2, 0.25) is 11.6 Å². The van der Waals surface area contributed by atoms with Crippen molar-refractivity contribution in [3.05, 3.63) is 16.4 Å². The molecular weight excluding hydrogens is 262 g/mol. The van der Waals surface area contributed by atoms with E-state index in [-0.39, 0.29) is 17.3 Å². The fraction of sp³-hybridized carbons (Fsp3) is 0.667. The number of nitrogens with one attached hydrogen (secondary N) is 2. The number of nitro groups is 1. The van der Waals surface area contributed by atoms with E-state index >= 15 is 0 Å². The van der Waals surface area contributed by atoms with Crippen molar-refractivity contribution in [3.8, 4) is 0 Å². The van der Waals surface area contributed by atoms with Gasteiger partial charge in [0, 0.05) is 19.7 Å². The lowest BCUT2D eigenvalue weighted by Gasteiger charge is -2.09. The average molecular weight is 281 g/mol. The van der Waals surface area contributed by atoms with Crippen molar-refractivity contribution < 1.29 is 9.66 Å². The van der Waals surface area contributed by atoms with E-state index in [4.69, 9.17) is 4.74 Å². The minimum Gasteiger partial charge on any atom is -0.379 e. The number of hydrogen-bond acceptors (Lipinski definition) is 7. The molecule has 1 fully saturated rings. The zero-order valence-electron chi connectivity index (χ0n) is 11.5. The molecule has 0 unspecified atom stereocenters. The fourth-order valence-corrected chi connectivity index (χ4v) is 1.75. The number of nitrogens with zero attached hydrogens (tertiary/aromatic N) is 3. The zero-order chi connectivity index (χ0) is 14.4. The first-order chi connectivity index (χ1) is 9.72. The Kier molecular flexibility index (Phi) is 5.05. The molecule has 1 aliphatic rings. The van der Waals surface area contributed by atoms with Crippen LogP contribution in [-0.4, -0.2) is 41.2 Å². The van der Waals surface area contributed by atoms with Crippen LogP contribution in [0, 0.1) is 16.0 Å². The summed E-state index contributed by atoms with van der Waals surface area (Å²) in [6.45, 7) is 4.17. The molecule has 1 heterocycles. The molecule has 0 atom stereocenters. The number of aromatic nitrogens is 2. The molecule has 0 radical (unpaired) electrons. The van der Waals surface area contributed by atoms with Gasteiger partial charge in [-0.05, 0) is 25.7 Å². The zero-order valence-corrected chi connectivity index (χ0v) is 11.5. The highest BCUT2D eigenvalue weighted by Gasteiger charge is 2.23. The lowest BCUT2D eigenvalue weighted by Crippen LogP contribution is -2.14. The van der Waals surface area contributed by atoms with Gasteiger partial charge in [0.05, 0.1) is 11.5 Å². The van der Waals surface area contributed by atoms with Gasteiger partial charge in [0.25, 0.3) is 0 Å². The van der Waals surface area contributed by atoms with Gasteiger partial charge < -0.3 is 15.4 Å². The highest BCUT2D eigenvalue weighted by molar-refractivity contribution is 5.69. The summed E-state index contributed by atoms with van der Waals surface area (Å²) in [5.74, 6) is 1.16. The van der Waals surface area contributed by atoms with Crippen LogP contribution in [0.1, 0.15) is 19.8 Å². The first-order valence-electron chi connectivity index (χ1n) is 6.77. The minimum absolute atomic E-state index is 0.128. The standard InChI is InChI=1S/C12H19N5O3/c1-2-13-11-10(17(18)19)12(16-8-15-11)14-5-6-20-7-9-3-4-9/h8-9H,2-7H2,1H3,(H2,13,14,15,16). The van der Waals surface area contributed by atoms with Crippen molar-refractivity contribution in [3.63, 3.8) is 0 Å². The van der Waals surface area contributed by atoms with E-state index in [0.717, 1.165) is 6.61 Å². The second-order valence-electron chi connectivity index (χ2n) is 4.65. The largest absolute Gasteiger partial charge is 0.379 e. The summed E-state index contributed by atoms with van der Waals surface area (Å²) in [7, 11) is 0. The van der Waals surface area contributed by atoms with Crippen LogP contribution in [0.4, 0.5) is 17.3 Å². The van der Waals surface area contributed by atoms with E-state index in [1.807, 2.05) is 6.92 Å². The molecule has 0 saturated heterocycles. The van der Waals surface area contributed by atoms with E-state index < -0.39 is 4.92 Å². The maximum absolute atomic E-state index is 11.1.